The van der Waals surface area contributed by atoms with E-state index in [2.05, 4.69) is 27.2 Å². The van der Waals surface area contributed by atoms with Gasteiger partial charge >= 0.3 is 0 Å². The number of fused-ring (bicyclic) bond motifs is 2. The Hall–Kier alpha value is -1.36. The van der Waals surface area contributed by atoms with E-state index in [1.807, 2.05) is 0 Å². The Morgan fingerprint density at radius 1 is 1.32 bits per heavy atom. The van der Waals surface area contributed by atoms with Crippen molar-refractivity contribution in [3.05, 3.63) is 12.3 Å². The lowest BCUT2D eigenvalue weighted by atomic mass is 9.82. The third kappa shape index (κ3) is 2.66. The van der Waals surface area contributed by atoms with Crippen molar-refractivity contribution in [3.8, 4) is 5.88 Å². The van der Waals surface area contributed by atoms with Crippen LogP contribution in [0.3, 0.4) is 0 Å². The molecule has 3 rings (SSSR count). The molecule has 1 N–H and O–H groups in total. The minimum Gasteiger partial charge on any atom is -0.481 e. The number of nitrogens with zero attached hydrogens (tertiary/aromatic N) is 3. The van der Waals surface area contributed by atoms with Crippen LogP contribution in [0.1, 0.15) is 32.1 Å². The first-order valence-corrected chi connectivity index (χ1v) is 7.12. The molecule has 2 aliphatic heterocycles. The second-order valence-corrected chi connectivity index (χ2v) is 5.64. The van der Waals surface area contributed by atoms with Crippen LogP contribution in [0.4, 0.5) is 5.95 Å². The van der Waals surface area contributed by atoms with E-state index in [-0.39, 0.29) is 0 Å². The van der Waals surface area contributed by atoms with E-state index in [0.29, 0.717) is 17.9 Å². The summed E-state index contributed by atoms with van der Waals surface area (Å²) < 4.78 is 5.14. The van der Waals surface area contributed by atoms with Crippen molar-refractivity contribution in [2.24, 2.45) is 0 Å². The Morgan fingerprint density at radius 3 is 2.74 bits per heavy atom. The van der Waals surface area contributed by atoms with Gasteiger partial charge in [0.15, 0.2) is 0 Å². The van der Waals surface area contributed by atoms with E-state index in [9.17, 15) is 0 Å². The average molecular weight is 262 g/mol. The van der Waals surface area contributed by atoms with Crippen molar-refractivity contribution in [1.29, 1.82) is 0 Å². The van der Waals surface area contributed by atoms with Gasteiger partial charge in [-0.25, -0.2) is 4.98 Å². The van der Waals surface area contributed by atoms with Crippen LogP contribution >= 0.6 is 0 Å². The lowest BCUT2D eigenvalue weighted by molar-refractivity contribution is 0.0607. The summed E-state index contributed by atoms with van der Waals surface area (Å²) in [6.45, 7) is 0. The highest BCUT2D eigenvalue weighted by molar-refractivity contribution is 5.29. The van der Waals surface area contributed by atoms with Gasteiger partial charge in [0, 0.05) is 30.4 Å². The molecule has 0 spiro atoms. The van der Waals surface area contributed by atoms with E-state index in [1.165, 1.54) is 32.1 Å². The molecule has 2 unspecified atom stereocenters. The molecule has 1 aromatic rings. The molecule has 0 aliphatic carbocycles. The van der Waals surface area contributed by atoms with Gasteiger partial charge < -0.3 is 15.0 Å². The van der Waals surface area contributed by atoms with Crippen molar-refractivity contribution in [3.63, 3.8) is 0 Å². The fraction of sp³-hybridized carbons (Fsp3) is 0.714. The molecule has 1 aromatic heterocycles. The van der Waals surface area contributed by atoms with Gasteiger partial charge in [-0.15, -0.1) is 0 Å². The summed E-state index contributed by atoms with van der Waals surface area (Å²) in [6, 6.07) is 3.69. The lowest BCUT2D eigenvalue weighted by Crippen LogP contribution is -2.52. The fourth-order valence-electron chi connectivity index (χ4n) is 3.44. The van der Waals surface area contributed by atoms with Crippen molar-refractivity contribution in [2.75, 3.05) is 19.5 Å². The molecular formula is C14H22N4O. The van der Waals surface area contributed by atoms with E-state index in [4.69, 9.17) is 4.74 Å². The molecule has 0 aromatic carbocycles. The monoisotopic (exact) mass is 262 g/mol. The number of rotatable bonds is 3. The highest BCUT2D eigenvalue weighted by Crippen LogP contribution is 2.33. The molecule has 5 heteroatoms. The first-order valence-electron chi connectivity index (χ1n) is 7.12. The largest absolute Gasteiger partial charge is 0.481 e. The van der Waals surface area contributed by atoms with E-state index >= 15 is 0 Å². The molecule has 2 aliphatic rings. The highest BCUT2D eigenvalue weighted by atomic mass is 16.5. The lowest BCUT2D eigenvalue weighted by Gasteiger charge is -2.47. The minimum atomic E-state index is 0.485. The van der Waals surface area contributed by atoms with Gasteiger partial charge in [0.25, 0.3) is 0 Å². The fourth-order valence-corrected chi connectivity index (χ4v) is 3.44. The van der Waals surface area contributed by atoms with Gasteiger partial charge in [-0.3, -0.25) is 0 Å². The molecule has 0 amide bonds. The van der Waals surface area contributed by atoms with Gasteiger partial charge in [-0.1, -0.05) is 6.42 Å². The van der Waals surface area contributed by atoms with Gasteiger partial charge in [0.1, 0.15) is 0 Å². The zero-order chi connectivity index (χ0) is 13.2. The third-order valence-electron chi connectivity index (χ3n) is 4.51. The Labute approximate surface area is 114 Å². The molecular weight excluding hydrogens is 240 g/mol. The van der Waals surface area contributed by atoms with Gasteiger partial charge in [-0.05, 0) is 32.7 Å². The van der Waals surface area contributed by atoms with Crippen LogP contribution in [0.25, 0.3) is 0 Å². The topological polar surface area (TPSA) is 50.3 Å². The molecule has 0 radical (unpaired) electrons. The first-order chi connectivity index (χ1) is 9.26. The molecule has 0 saturated carbocycles. The van der Waals surface area contributed by atoms with Gasteiger partial charge in [-0.2, -0.15) is 4.98 Å². The molecule has 2 atom stereocenters. The van der Waals surface area contributed by atoms with Crippen LogP contribution in [0, 0.1) is 0 Å². The number of aromatic nitrogens is 2. The van der Waals surface area contributed by atoms with Crippen molar-refractivity contribution >= 4 is 5.95 Å². The standard InChI is InChI=1S/C14H22N4O/c1-18-11-4-3-5-12(18)9-10(8-11)16-14-15-7-6-13(17-14)19-2/h6-7,10-12H,3-5,8-9H2,1-2H3,(H,15,16,17). The van der Waals surface area contributed by atoms with Crippen molar-refractivity contribution < 1.29 is 4.74 Å². The normalized spacial score (nSPS) is 30.9. The zero-order valence-electron chi connectivity index (χ0n) is 11.7. The predicted octanol–water partition coefficient (Wildman–Crippen LogP) is 1.91. The molecule has 2 saturated heterocycles. The Morgan fingerprint density at radius 2 is 2.05 bits per heavy atom. The van der Waals surface area contributed by atoms with Crippen LogP contribution in [-0.4, -0.2) is 47.2 Å². The second kappa shape index (κ2) is 5.33. The summed E-state index contributed by atoms with van der Waals surface area (Å²) in [5.74, 6) is 1.30. The zero-order valence-corrected chi connectivity index (χ0v) is 11.7. The van der Waals surface area contributed by atoms with Crippen LogP contribution in [0.5, 0.6) is 5.88 Å². The summed E-state index contributed by atoms with van der Waals surface area (Å²) in [4.78, 5) is 11.2. The maximum Gasteiger partial charge on any atom is 0.226 e. The summed E-state index contributed by atoms with van der Waals surface area (Å²) in [5, 5.41) is 3.48. The Kier molecular flexibility index (Phi) is 3.55. The number of piperidine rings is 2. The molecule has 104 valence electrons. The number of hydrogen-bond donors (Lipinski definition) is 1. The average Bonchev–Trinajstić information content (AvgIpc) is 2.40. The number of hydrogen-bond acceptors (Lipinski definition) is 5. The van der Waals surface area contributed by atoms with Gasteiger partial charge in [0.2, 0.25) is 11.8 Å². The first kappa shape index (κ1) is 12.7. The Bertz CT molecular complexity index is 425. The van der Waals surface area contributed by atoms with E-state index in [1.54, 1.807) is 19.4 Å². The summed E-state index contributed by atoms with van der Waals surface area (Å²) in [5.41, 5.74) is 0. The van der Waals surface area contributed by atoms with Crippen molar-refractivity contribution in [1.82, 2.24) is 14.9 Å². The molecule has 19 heavy (non-hydrogen) atoms. The summed E-state index contributed by atoms with van der Waals surface area (Å²) >= 11 is 0. The van der Waals surface area contributed by atoms with E-state index in [0.717, 1.165) is 12.1 Å². The maximum atomic E-state index is 5.14. The van der Waals surface area contributed by atoms with Crippen LogP contribution < -0.4 is 10.1 Å². The Balaban J connectivity index is 1.67. The third-order valence-corrected chi connectivity index (χ3v) is 4.51. The van der Waals surface area contributed by atoms with Crippen LogP contribution in [0.15, 0.2) is 12.3 Å². The SMILES string of the molecule is COc1ccnc(NC2CC3CCCC(C2)N3C)n1. The molecule has 3 heterocycles. The quantitative estimate of drug-likeness (QED) is 0.902. The number of methoxy groups -OCH3 is 1. The summed E-state index contributed by atoms with van der Waals surface area (Å²) in [7, 11) is 3.90. The van der Waals surface area contributed by atoms with Crippen LogP contribution in [-0.2, 0) is 0 Å². The molecule has 2 fully saturated rings. The maximum absolute atomic E-state index is 5.14. The van der Waals surface area contributed by atoms with E-state index < -0.39 is 0 Å². The predicted molar refractivity (Wildman–Crippen MR) is 74.4 cm³/mol. The second-order valence-electron chi connectivity index (χ2n) is 5.64. The number of ether oxygens (including phenoxy) is 1. The summed E-state index contributed by atoms with van der Waals surface area (Å²) in [6.07, 6.45) is 8.14. The highest BCUT2D eigenvalue weighted by Gasteiger charge is 2.36. The number of nitrogens with one attached hydrogen (secondary N) is 1. The van der Waals surface area contributed by atoms with Crippen LogP contribution in [0.2, 0.25) is 0 Å². The minimum absolute atomic E-state index is 0.485. The van der Waals surface area contributed by atoms with Crippen molar-refractivity contribution in [2.45, 2.75) is 50.2 Å². The molecule has 5 nitrogen and oxygen atoms in total. The number of anilines is 1. The smallest absolute Gasteiger partial charge is 0.226 e. The molecule has 2 bridgehead atoms. The van der Waals surface area contributed by atoms with Gasteiger partial charge in [0.05, 0.1) is 7.11 Å².